The number of nitrogens with zero attached hydrogens (tertiary/aromatic N) is 2. The number of carbonyl (C=O) groups excluding carboxylic acids is 2. The summed E-state index contributed by atoms with van der Waals surface area (Å²) in [7, 11) is 0. The lowest BCUT2D eigenvalue weighted by atomic mass is 10.1. The van der Waals surface area contributed by atoms with E-state index in [-0.39, 0.29) is 18.9 Å². The molecule has 6 heteroatoms. The maximum Gasteiger partial charge on any atom is 0.311 e. The minimum absolute atomic E-state index is 0.0174. The van der Waals surface area contributed by atoms with Gasteiger partial charge in [-0.25, -0.2) is 0 Å². The van der Waals surface area contributed by atoms with E-state index >= 15 is 0 Å². The van der Waals surface area contributed by atoms with Crippen molar-refractivity contribution in [1.82, 2.24) is 5.16 Å². The fourth-order valence-corrected chi connectivity index (χ4v) is 3.39. The fraction of sp³-hybridized carbons (Fsp3) is 0.261. The van der Waals surface area contributed by atoms with Crippen LogP contribution in [0.25, 0.3) is 11.3 Å². The van der Waals surface area contributed by atoms with E-state index in [9.17, 15) is 9.59 Å². The Hall–Kier alpha value is -3.41. The second-order valence-corrected chi connectivity index (χ2v) is 7.33. The Morgan fingerprint density at radius 2 is 1.93 bits per heavy atom. The number of aryl methyl sites for hydroxylation is 2. The number of ether oxygens (including phenoxy) is 1. The van der Waals surface area contributed by atoms with Crippen LogP contribution in [0, 0.1) is 19.8 Å². The van der Waals surface area contributed by atoms with Crippen LogP contribution in [0.4, 0.5) is 5.69 Å². The molecule has 2 aromatic carbocycles. The van der Waals surface area contributed by atoms with Gasteiger partial charge in [-0.05, 0) is 37.1 Å². The standard InChI is InChI=1S/C23H22N2O4/c1-15-8-9-20(10-16(15)2)25-13-18(11-22(25)26)23(27)28-14-19-12-21(29-24-19)17-6-4-3-5-7-17/h3-10,12,18H,11,13-14H2,1-2H3. The predicted octanol–water partition coefficient (Wildman–Crippen LogP) is 4.05. The van der Waals surface area contributed by atoms with Crippen LogP contribution < -0.4 is 4.90 Å². The molecule has 29 heavy (non-hydrogen) atoms. The molecule has 1 aromatic heterocycles. The van der Waals surface area contributed by atoms with E-state index in [2.05, 4.69) is 5.16 Å². The number of aromatic nitrogens is 1. The molecule has 0 aliphatic carbocycles. The molecule has 0 N–H and O–H groups in total. The zero-order valence-corrected chi connectivity index (χ0v) is 16.4. The van der Waals surface area contributed by atoms with Gasteiger partial charge in [0.15, 0.2) is 5.76 Å². The molecule has 6 nitrogen and oxygen atoms in total. The summed E-state index contributed by atoms with van der Waals surface area (Å²) in [5.74, 6) is -0.324. The van der Waals surface area contributed by atoms with Crippen molar-refractivity contribution >= 4 is 17.6 Å². The molecule has 1 atom stereocenters. The van der Waals surface area contributed by atoms with Crippen molar-refractivity contribution in [3.05, 3.63) is 71.4 Å². The SMILES string of the molecule is Cc1ccc(N2CC(C(=O)OCc3cc(-c4ccccc4)on3)CC2=O)cc1C. The number of hydrogen-bond donors (Lipinski definition) is 0. The number of hydrogen-bond acceptors (Lipinski definition) is 5. The fourth-order valence-electron chi connectivity index (χ4n) is 3.39. The second-order valence-electron chi connectivity index (χ2n) is 7.33. The lowest BCUT2D eigenvalue weighted by molar-refractivity contribution is -0.149. The van der Waals surface area contributed by atoms with Crippen molar-refractivity contribution < 1.29 is 18.8 Å². The van der Waals surface area contributed by atoms with Crippen LogP contribution in [-0.4, -0.2) is 23.6 Å². The highest BCUT2D eigenvalue weighted by Crippen LogP contribution is 2.28. The van der Waals surface area contributed by atoms with Gasteiger partial charge in [0.05, 0.1) is 5.92 Å². The minimum atomic E-state index is -0.482. The molecule has 148 valence electrons. The van der Waals surface area contributed by atoms with Crippen molar-refractivity contribution in [3.63, 3.8) is 0 Å². The zero-order chi connectivity index (χ0) is 20.4. The van der Waals surface area contributed by atoms with E-state index in [1.165, 1.54) is 5.56 Å². The Bertz CT molecular complexity index is 1040. The Balaban J connectivity index is 1.36. The molecule has 3 aromatic rings. The van der Waals surface area contributed by atoms with Crippen LogP contribution >= 0.6 is 0 Å². The molecule has 1 saturated heterocycles. The first kappa shape index (κ1) is 18.9. The third-order valence-electron chi connectivity index (χ3n) is 5.24. The van der Waals surface area contributed by atoms with Gasteiger partial charge in [-0.2, -0.15) is 0 Å². The van der Waals surface area contributed by atoms with Gasteiger partial charge in [0.1, 0.15) is 12.3 Å². The molecule has 1 unspecified atom stereocenters. The average molecular weight is 390 g/mol. The Morgan fingerprint density at radius 3 is 2.69 bits per heavy atom. The van der Waals surface area contributed by atoms with E-state index < -0.39 is 11.9 Å². The molecule has 0 bridgehead atoms. The molecule has 1 amide bonds. The van der Waals surface area contributed by atoms with Crippen LogP contribution in [0.5, 0.6) is 0 Å². The zero-order valence-electron chi connectivity index (χ0n) is 16.4. The molecular weight excluding hydrogens is 368 g/mol. The van der Waals surface area contributed by atoms with E-state index in [4.69, 9.17) is 9.26 Å². The van der Waals surface area contributed by atoms with Crippen LogP contribution in [0.1, 0.15) is 23.2 Å². The summed E-state index contributed by atoms with van der Waals surface area (Å²) in [6, 6.07) is 17.2. The first-order valence-corrected chi connectivity index (χ1v) is 9.56. The van der Waals surface area contributed by atoms with Gasteiger partial charge in [0.25, 0.3) is 0 Å². The maximum atomic E-state index is 12.5. The Morgan fingerprint density at radius 1 is 1.14 bits per heavy atom. The van der Waals surface area contributed by atoms with Crippen molar-refractivity contribution in [2.45, 2.75) is 26.9 Å². The van der Waals surface area contributed by atoms with Crippen molar-refractivity contribution in [1.29, 1.82) is 0 Å². The summed E-state index contributed by atoms with van der Waals surface area (Å²) in [5.41, 5.74) is 4.54. The molecule has 0 saturated carbocycles. The highest BCUT2D eigenvalue weighted by molar-refractivity contribution is 5.99. The van der Waals surface area contributed by atoms with Gasteiger partial charge in [0.2, 0.25) is 5.91 Å². The first-order chi connectivity index (χ1) is 14.0. The van der Waals surface area contributed by atoms with Crippen LogP contribution in [0.15, 0.2) is 59.1 Å². The number of anilines is 1. The number of benzene rings is 2. The Labute approximate surface area is 169 Å². The molecule has 1 fully saturated rings. The predicted molar refractivity (Wildman–Crippen MR) is 108 cm³/mol. The third-order valence-corrected chi connectivity index (χ3v) is 5.24. The van der Waals surface area contributed by atoms with Crippen LogP contribution in [-0.2, 0) is 20.9 Å². The lowest BCUT2D eigenvalue weighted by Gasteiger charge is -2.17. The molecule has 1 aliphatic rings. The highest BCUT2D eigenvalue weighted by Gasteiger charge is 2.36. The van der Waals surface area contributed by atoms with Gasteiger partial charge < -0.3 is 14.2 Å². The van der Waals surface area contributed by atoms with E-state index in [1.807, 2.05) is 62.4 Å². The van der Waals surface area contributed by atoms with E-state index in [1.54, 1.807) is 11.0 Å². The van der Waals surface area contributed by atoms with Gasteiger partial charge in [0, 0.05) is 30.3 Å². The Kier molecular flexibility index (Phi) is 5.16. The molecule has 0 radical (unpaired) electrons. The molecule has 0 spiro atoms. The summed E-state index contributed by atoms with van der Waals surface area (Å²) in [6.07, 6.45) is 0.153. The summed E-state index contributed by atoms with van der Waals surface area (Å²) in [4.78, 5) is 26.5. The molecule has 4 rings (SSSR count). The summed E-state index contributed by atoms with van der Waals surface area (Å²) in [6.45, 7) is 4.38. The largest absolute Gasteiger partial charge is 0.459 e. The summed E-state index contributed by atoms with van der Waals surface area (Å²) < 4.78 is 10.7. The monoisotopic (exact) mass is 390 g/mol. The minimum Gasteiger partial charge on any atom is -0.459 e. The molecular formula is C23H22N2O4. The number of amides is 1. The van der Waals surface area contributed by atoms with Crippen LogP contribution in [0.3, 0.4) is 0 Å². The van der Waals surface area contributed by atoms with Gasteiger partial charge in [-0.3, -0.25) is 9.59 Å². The quantitative estimate of drug-likeness (QED) is 0.615. The number of carbonyl (C=O) groups is 2. The summed E-state index contributed by atoms with van der Waals surface area (Å²) in [5, 5.41) is 3.96. The molecule has 2 heterocycles. The van der Waals surface area contributed by atoms with Gasteiger partial charge in [-0.1, -0.05) is 41.6 Å². The van der Waals surface area contributed by atoms with Gasteiger partial charge in [-0.15, -0.1) is 0 Å². The van der Waals surface area contributed by atoms with Gasteiger partial charge >= 0.3 is 5.97 Å². The maximum absolute atomic E-state index is 12.5. The topological polar surface area (TPSA) is 72.6 Å². The van der Waals surface area contributed by atoms with Crippen LogP contribution in [0.2, 0.25) is 0 Å². The average Bonchev–Trinajstić information content (AvgIpc) is 3.36. The van der Waals surface area contributed by atoms with Crippen molar-refractivity contribution in [3.8, 4) is 11.3 Å². The van der Waals surface area contributed by atoms with E-state index in [0.29, 0.717) is 18.0 Å². The van der Waals surface area contributed by atoms with E-state index in [0.717, 1.165) is 16.8 Å². The number of rotatable bonds is 5. The third kappa shape index (κ3) is 4.06. The number of esters is 1. The van der Waals surface area contributed by atoms with Crippen molar-refractivity contribution in [2.75, 3.05) is 11.4 Å². The normalized spacial score (nSPS) is 16.3. The molecule has 1 aliphatic heterocycles. The smallest absolute Gasteiger partial charge is 0.311 e. The second kappa shape index (κ2) is 7.91. The van der Waals surface area contributed by atoms with Crippen molar-refractivity contribution in [2.24, 2.45) is 5.92 Å². The highest BCUT2D eigenvalue weighted by atomic mass is 16.5. The first-order valence-electron chi connectivity index (χ1n) is 9.56. The lowest BCUT2D eigenvalue weighted by Crippen LogP contribution is -2.26. The summed E-state index contributed by atoms with van der Waals surface area (Å²) >= 11 is 0.